The number of hydrogen-bond donors (Lipinski definition) is 2. The SMILES string of the molecule is Nc1ccnc(NCCOCC(F)F)n1. The van der Waals surface area contributed by atoms with Gasteiger partial charge in [0, 0.05) is 12.7 Å². The first kappa shape index (κ1) is 11.6. The van der Waals surface area contributed by atoms with Gasteiger partial charge in [-0.15, -0.1) is 0 Å². The molecule has 0 amide bonds. The Morgan fingerprint density at radius 3 is 3.00 bits per heavy atom. The zero-order chi connectivity index (χ0) is 11.1. The monoisotopic (exact) mass is 218 g/mol. The molecule has 0 radical (unpaired) electrons. The normalized spacial score (nSPS) is 10.6. The smallest absolute Gasteiger partial charge is 0.261 e. The van der Waals surface area contributed by atoms with Crippen LogP contribution in [0, 0.1) is 0 Å². The largest absolute Gasteiger partial charge is 0.384 e. The molecule has 0 aromatic carbocycles. The Balaban J connectivity index is 2.15. The summed E-state index contributed by atoms with van der Waals surface area (Å²) in [5.74, 6) is 0.705. The summed E-state index contributed by atoms with van der Waals surface area (Å²) in [7, 11) is 0. The molecule has 1 aromatic rings. The Morgan fingerprint density at radius 2 is 2.33 bits per heavy atom. The van der Waals surface area contributed by atoms with Crippen molar-refractivity contribution < 1.29 is 13.5 Å². The van der Waals surface area contributed by atoms with Crippen molar-refractivity contribution in [2.45, 2.75) is 6.43 Å². The van der Waals surface area contributed by atoms with E-state index in [2.05, 4.69) is 20.0 Å². The predicted molar refractivity (Wildman–Crippen MR) is 51.8 cm³/mol. The molecule has 84 valence electrons. The van der Waals surface area contributed by atoms with Crippen LogP contribution in [0.25, 0.3) is 0 Å². The van der Waals surface area contributed by atoms with Gasteiger partial charge >= 0.3 is 0 Å². The molecule has 3 N–H and O–H groups in total. The van der Waals surface area contributed by atoms with E-state index in [9.17, 15) is 8.78 Å². The molecule has 5 nitrogen and oxygen atoms in total. The number of nitrogen functional groups attached to an aromatic ring is 1. The first-order valence-corrected chi connectivity index (χ1v) is 4.37. The minimum atomic E-state index is -2.44. The third kappa shape index (κ3) is 5.06. The van der Waals surface area contributed by atoms with Crippen molar-refractivity contribution >= 4 is 11.8 Å². The van der Waals surface area contributed by atoms with Gasteiger partial charge in [0.1, 0.15) is 12.4 Å². The van der Waals surface area contributed by atoms with Gasteiger partial charge in [-0.2, -0.15) is 4.98 Å². The van der Waals surface area contributed by atoms with E-state index >= 15 is 0 Å². The Kier molecular flexibility index (Phi) is 4.69. The summed E-state index contributed by atoms with van der Waals surface area (Å²) in [6.07, 6.45) is -0.932. The molecule has 0 fully saturated rings. The van der Waals surface area contributed by atoms with Crippen LogP contribution in [0.2, 0.25) is 0 Å². The van der Waals surface area contributed by atoms with E-state index < -0.39 is 13.0 Å². The Bertz CT molecular complexity index is 298. The fraction of sp³-hybridized carbons (Fsp3) is 0.500. The van der Waals surface area contributed by atoms with Crippen LogP contribution in [0.1, 0.15) is 0 Å². The fourth-order valence-electron chi connectivity index (χ4n) is 0.865. The van der Waals surface area contributed by atoms with Crippen LogP contribution in [0.3, 0.4) is 0 Å². The molecule has 0 aliphatic carbocycles. The minimum absolute atomic E-state index is 0.169. The molecule has 0 saturated carbocycles. The average Bonchev–Trinajstić information content (AvgIpc) is 2.17. The number of rotatable bonds is 6. The van der Waals surface area contributed by atoms with Crippen LogP contribution in [0.15, 0.2) is 12.3 Å². The molecule has 0 atom stereocenters. The van der Waals surface area contributed by atoms with Gasteiger partial charge < -0.3 is 15.8 Å². The third-order valence-corrected chi connectivity index (χ3v) is 1.45. The summed E-state index contributed by atoms with van der Waals surface area (Å²) >= 11 is 0. The van der Waals surface area contributed by atoms with E-state index in [1.165, 1.54) is 6.20 Å². The number of ether oxygens (including phenoxy) is 1. The van der Waals surface area contributed by atoms with Crippen molar-refractivity contribution in [1.82, 2.24) is 9.97 Å². The first-order chi connectivity index (χ1) is 7.18. The van der Waals surface area contributed by atoms with E-state index in [-0.39, 0.29) is 6.61 Å². The molecular weight excluding hydrogens is 206 g/mol. The molecule has 0 aliphatic heterocycles. The molecule has 15 heavy (non-hydrogen) atoms. The highest BCUT2D eigenvalue weighted by Crippen LogP contribution is 2.00. The maximum atomic E-state index is 11.7. The lowest BCUT2D eigenvalue weighted by molar-refractivity contribution is 0.0214. The van der Waals surface area contributed by atoms with Crippen molar-refractivity contribution in [3.8, 4) is 0 Å². The third-order valence-electron chi connectivity index (χ3n) is 1.45. The molecule has 0 saturated heterocycles. The van der Waals surface area contributed by atoms with Gasteiger partial charge in [-0.05, 0) is 6.07 Å². The van der Waals surface area contributed by atoms with E-state index in [0.29, 0.717) is 18.3 Å². The van der Waals surface area contributed by atoms with Crippen molar-refractivity contribution in [3.05, 3.63) is 12.3 Å². The average molecular weight is 218 g/mol. The summed E-state index contributed by atoms with van der Waals surface area (Å²) in [6.45, 7) is -0.0296. The number of nitrogens with two attached hydrogens (primary N) is 1. The molecule has 7 heteroatoms. The molecule has 1 rings (SSSR count). The standard InChI is InChI=1S/C8H12F2N4O/c9-6(10)5-15-4-3-13-8-12-2-1-7(11)14-8/h1-2,6H,3-5H2,(H3,11,12,13,14). The second kappa shape index (κ2) is 6.07. The summed E-state index contributed by atoms with van der Waals surface area (Å²) in [6, 6.07) is 1.55. The lowest BCUT2D eigenvalue weighted by atomic mass is 10.6. The molecular formula is C8H12F2N4O. The number of halogens is 2. The Labute approximate surface area is 85.7 Å². The number of anilines is 2. The highest BCUT2D eigenvalue weighted by molar-refractivity contribution is 5.34. The molecule has 1 heterocycles. The maximum Gasteiger partial charge on any atom is 0.261 e. The maximum absolute atomic E-state index is 11.7. The van der Waals surface area contributed by atoms with Crippen molar-refractivity contribution in [2.75, 3.05) is 30.8 Å². The zero-order valence-corrected chi connectivity index (χ0v) is 7.99. The van der Waals surface area contributed by atoms with E-state index in [4.69, 9.17) is 5.73 Å². The lowest BCUT2D eigenvalue weighted by Crippen LogP contribution is -2.14. The van der Waals surface area contributed by atoms with Crippen molar-refractivity contribution in [3.63, 3.8) is 0 Å². The van der Waals surface area contributed by atoms with Gasteiger partial charge in [-0.1, -0.05) is 0 Å². The van der Waals surface area contributed by atoms with Gasteiger partial charge in [-0.25, -0.2) is 13.8 Å². The summed E-state index contributed by atoms with van der Waals surface area (Å²) in [5.41, 5.74) is 5.41. The van der Waals surface area contributed by atoms with E-state index in [1.807, 2.05) is 0 Å². The molecule has 0 aliphatic rings. The van der Waals surface area contributed by atoms with Crippen molar-refractivity contribution in [1.29, 1.82) is 0 Å². The van der Waals surface area contributed by atoms with Gasteiger partial charge in [0.2, 0.25) is 5.95 Å². The van der Waals surface area contributed by atoms with Crippen LogP contribution < -0.4 is 11.1 Å². The van der Waals surface area contributed by atoms with E-state index in [1.54, 1.807) is 6.07 Å². The predicted octanol–water partition coefficient (Wildman–Crippen LogP) is 0.752. The van der Waals surface area contributed by atoms with Crippen LogP contribution in [0.5, 0.6) is 0 Å². The quantitative estimate of drug-likeness (QED) is 0.689. The number of alkyl halides is 2. The highest BCUT2D eigenvalue weighted by atomic mass is 19.3. The van der Waals surface area contributed by atoms with Gasteiger partial charge in [0.25, 0.3) is 6.43 Å². The summed E-state index contributed by atoms with van der Waals surface area (Å²) in [4.78, 5) is 7.72. The molecule has 1 aromatic heterocycles. The van der Waals surface area contributed by atoms with Crippen LogP contribution in [-0.4, -0.2) is 36.2 Å². The number of nitrogens with one attached hydrogen (secondary N) is 1. The van der Waals surface area contributed by atoms with Crippen LogP contribution in [-0.2, 0) is 4.74 Å². The molecule has 0 spiro atoms. The van der Waals surface area contributed by atoms with Crippen LogP contribution in [0.4, 0.5) is 20.5 Å². The molecule has 0 bridgehead atoms. The first-order valence-electron chi connectivity index (χ1n) is 4.37. The van der Waals surface area contributed by atoms with Gasteiger partial charge in [-0.3, -0.25) is 0 Å². The topological polar surface area (TPSA) is 73.1 Å². The number of nitrogens with zero attached hydrogens (tertiary/aromatic N) is 2. The summed E-state index contributed by atoms with van der Waals surface area (Å²) < 4.78 is 28.0. The number of hydrogen-bond acceptors (Lipinski definition) is 5. The summed E-state index contributed by atoms with van der Waals surface area (Å²) in [5, 5.41) is 2.79. The van der Waals surface area contributed by atoms with Crippen LogP contribution >= 0.6 is 0 Å². The Morgan fingerprint density at radius 1 is 1.53 bits per heavy atom. The zero-order valence-electron chi connectivity index (χ0n) is 7.99. The molecule has 0 unspecified atom stereocenters. The Hall–Kier alpha value is -1.50. The fourth-order valence-corrected chi connectivity index (χ4v) is 0.865. The highest BCUT2D eigenvalue weighted by Gasteiger charge is 2.01. The van der Waals surface area contributed by atoms with Gasteiger partial charge in [0.15, 0.2) is 0 Å². The van der Waals surface area contributed by atoms with Gasteiger partial charge in [0.05, 0.1) is 6.61 Å². The van der Waals surface area contributed by atoms with Crippen molar-refractivity contribution in [2.24, 2.45) is 0 Å². The second-order valence-corrected chi connectivity index (χ2v) is 2.70. The minimum Gasteiger partial charge on any atom is -0.384 e. The number of aromatic nitrogens is 2. The lowest BCUT2D eigenvalue weighted by Gasteiger charge is -2.05. The second-order valence-electron chi connectivity index (χ2n) is 2.70. The van der Waals surface area contributed by atoms with E-state index in [0.717, 1.165) is 0 Å².